The zero-order chi connectivity index (χ0) is 20.3. The second-order valence-electron chi connectivity index (χ2n) is 7.80. The summed E-state index contributed by atoms with van der Waals surface area (Å²) < 4.78 is 11.4. The van der Waals surface area contributed by atoms with Gasteiger partial charge in [-0.2, -0.15) is 0 Å². The van der Waals surface area contributed by atoms with Gasteiger partial charge in [0.15, 0.2) is 0 Å². The van der Waals surface area contributed by atoms with Crippen LogP contribution in [0.2, 0.25) is 0 Å². The third-order valence-corrected chi connectivity index (χ3v) is 5.97. The molecule has 2 amide bonds. The number of carbonyl (C=O) groups excluding carboxylic acids is 2. The standard InChI is InChI=1S/C23H26N2O4/c1-2-17-3-5-18(6-4-17)21(26)24-15-20-7-9-23(29-20)10-12-25(13-11-23)22(27)19-8-14-28-16-19/h2-6,8,14,16,20H,1,7,9-13,15H2,(H,24,26)/t20-/m1/s1. The van der Waals surface area contributed by atoms with Crippen molar-refractivity contribution < 1.29 is 18.7 Å². The molecule has 2 aliphatic heterocycles. The van der Waals surface area contributed by atoms with Crippen LogP contribution in [0.25, 0.3) is 6.08 Å². The number of nitrogens with one attached hydrogen (secondary N) is 1. The summed E-state index contributed by atoms with van der Waals surface area (Å²) in [5.74, 6) is -0.0800. The summed E-state index contributed by atoms with van der Waals surface area (Å²) in [7, 11) is 0. The van der Waals surface area contributed by atoms with Crippen LogP contribution >= 0.6 is 0 Å². The first-order chi connectivity index (χ1) is 14.1. The number of rotatable bonds is 5. The average molecular weight is 394 g/mol. The van der Waals surface area contributed by atoms with E-state index in [9.17, 15) is 9.59 Å². The van der Waals surface area contributed by atoms with Crippen LogP contribution in [0.3, 0.4) is 0 Å². The highest BCUT2D eigenvalue weighted by atomic mass is 16.5. The Kier molecular flexibility index (Phi) is 5.53. The zero-order valence-electron chi connectivity index (χ0n) is 16.4. The Bertz CT molecular complexity index is 865. The fourth-order valence-corrected chi connectivity index (χ4v) is 4.17. The van der Waals surface area contributed by atoms with Crippen LogP contribution in [0.1, 0.15) is 52.0 Å². The maximum atomic E-state index is 12.5. The average Bonchev–Trinajstić information content (AvgIpc) is 3.43. The molecular weight excluding hydrogens is 368 g/mol. The Hall–Kier alpha value is -2.86. The molecule has 1 aromatic heterocycles. The number of hydrogen-bond donors (Lipinski definition) is 1. The number of furan rings is 1. The van der Waals surface area contributed by atoms with Crippen LogP contribution in [-0.4, -0.2) is 48.1 Å². The fourth-order valence-electron chi connectivity index (χ4n) is 4.17. The lowest BCUT2D eigenvalue weighted by Gasteiger charge is -2.39. The predicted molar refractivity (Wildman–Crippen MR) is 110 cm³/mol. The molecule has 2 aliphatic rings. The van der Waals surface area contributed by atoms with Gasteiger partial charge in [0.05, 0.1) is 23.5 Å². The number of hydrogen-bond acceptors (Lipinski definition) is 4. The second-order valence-corrected chi connectivity index (χ2v) is 7.80. The van der Waals surface area contributed by atoms with E-state index in [1.807, 2.05) is 17.0 Å². The SMILES string of the molecule is C=Cc1ccc(C(=O)NC[C@H]2CCC3(CCN(C(=O)c4ccoc4)CC3)O2)cc1. The quantitative estimate of drug-likeness (QED) is 0.842. The Labute approximate surface area is 170 Å². The maximum absolute atomic E-state index is 12.5. The van der Waals surface area contributed by atoms with E-state index >= 15 is 0 Å². The summed E-state index contributed by atoms with van der Waals surface area (Å²) in [6.07, 6.45) is 8.31. The molecule has 0 bridgehead atoms. The molecule has 0 unspecified atom stereocenters. The van der Waals surface area contributed by atoms with Crippen molar-refractivity contribution in [3.8, 4) is 0 Å². The number of piperidine rings is 1. The molecule has 0 aliphatic carbocycles. The summed E-state index contributed by atoms with van der Waals surface area (Å²) in [6.45, 7) is 5.58. The molecule has 1 aromatic carbocycles. The van der Waals surface area contributed by atoms with Gasteiger partial charge in [-0.3, -0.25) is 9.59 Å². The molecule has 1 atom stereocenters. The van der Waals surface area contributed by atoms with Crippen molar-refractivity contribution in [2.75, 3.05) is 19.6 Å². The molecule has 2 fully saturated rings. The van der Waals surface area contributed by atoms with E-state index in [-0.39, 0.29) is 23.5 Å². The molecule has 29 heavy (non-hydrogen) atoms. The van der Waals surface area contributed by atoms with Crippen LogP contribution in [0.15, 0.2) is 53.9 Å². The number of likely N-dealkylation sites (tertiary alicyclic amines) is 1. The lowest BCUT2D eigenvalue weighted by atomic mass is 9.88. The topological polar surface area (TPSA) is 71.8 Å². The molecule has 6 heteroatoms. The van der Waals surface area contributed by atoms with Gasteiger partial charge in [-0.25, -0.2) is 0 Å². The lowest BCUT2D eigenvalue weighted by Crippen LogP contribution is -2.47. The first kappa shape index (κ1) is 19.5. The van der Waals surface area contributed by atoms with Gasteiger partial charge in [0.1, 0.15) is 6.26 Å². The third kappa shape index (κ3) is 4.27. The molecule has 0 radical (unpaired) electrons. The first-order valence-corrected chi connectivity index (χ1v) is 10.1. The number of ether oxygens (including phenoxy) is 1. The number of amides is 2. The van der Waals surface area contributed by atoms with Crippen molar-refractivity contribution in [2.24, 2.45) is 0 Å². The van der Waals surface area contributed by atoms with E-state index in [0.717, 1.165) is 31.2 Å². The van der Waals surface area contributed by atoms with Crippen LogP contribution in [0.4, 0.5) is 0 Å². The number of benzene rings is 1. The summed E-state index contributed by atoms with van der Waals surface area (Å²) in [5, 5.41) is 2.98. The minimum Gasteiger partial charge on any atom is -0.472 e. The van der Waals surface area contributed by atoms with Gasteiger partial charge in [-0.05, 0) is 49.4 Å². The van der Waals surface area contributed by atoms with E-state index in [1.165, 1.54) is 12.5 Å². The smallest absolute Gasteiger partial charge is 0.257 e. The Morgan fingerprint density at radius 1 is 1.14 bits per heavy atom. The lowest BCUT2D eigenvalue weighted by molar-refractivity contribution is -0.0712. The van der Waals surface area contributed by atoms with Crippen LogP contribution in [0, 0.1) is 0 Å². The van der Waals surface area contributed by atoms with Gasteiger partial charge in [0.25, 0.3) is 11.8 Å². The van der Waals surface area contributed by atoms with Gasteiger partial charge in [-0.15, -0.1) is 0 Å². The normalized spacial score (nSPS) is 20.6. The van der Waals surface area contributed by atoms with Gasteiger partial charge in [0, 0.05) is 25.2 Å². The minimum absolute atomic E-state index is 0.0119. The summed E-state index contributed by atoms with van der Waals surface area (Å²) in [4.78, 5) is 26.7. The highest BCUT2D eigenvalue weighted by Gasteiger charge is 2.43. The van der Waals surface area contributed by atoms with Crippen molar-refractivity contribution in [3.63, 3.8) is 0 Å². The monoisotopic (exact) mass is 394 g/mol. The van der Waals surface area contributed by atoms with E-state index < -0.39 is 0 Å². The highest BCUT2D eigenvalue weighted by molar-refractivity contribution is 5.94. The van der Waals surface area contributed by atoms with E-state index in [4.69, 9.17) is 9.15 Å². The molecule has 152 valence electrons. The maximum Gasteiger partial charge on any atom is 0.257 e. The largest absolute Gasteiger partial charge is 0.472 e. The van der Waals surface area contributed by atoms with E-state index in [0.29, 0.717) is 30.8 Å². The van der Waals surface area contributed by atoms with E-state index in [2.05, 4.69) is 11.9 Å². The van der Waals surface area contributed by atoms with Crippen molar-refractivity contribution in [2.45, 2.75) is 37.4 Å². The van der Waals surface area contributed by atoms with Crippen LogP contribution < -0.4 is 5.32 Å². The molecular formula is C23H26N2O4. The first-order valence-electron chi connectivity index (χ1n) is 10.1. The number of carbonyl (C=O) groups is 2. The highest BCUT2D eigenvalue weighted by Crippen LogP contribution is 2.39. The summed E-state index contributed by atoms with van der Waals surface area (Å²) in [6, 6.07) is 9.05. The van der Waals surface area contributed by atoms with Crippen LogP contribution in [0.5, 0.6) is 0 Å². The van der Waals surface area contributed by atoms with Gasteiger partial charge < -0.3 is 19.4 Å². The summed E-state index contributed by atoms with van der Waals surface area (Å²) >= 11 is 0. The van der Waals surface area contributed by atoms with Crippen molar-refractivity contribution in [1.82, 2.24) is 10.2 Å². The Morgan fingerprint density at radius 2 is 1.90 bits per heavy atom. The predicted octanol–water partition coefficient (Wildman–Crippen LogP) is 3.51. The molecule has 0 saturated carbocycles. The molecule has 4 rings (SSSR count). The third-order valence-electron chi connectivity index (χ3n) is 5.97. The molecule has 2 aromatic rings. The van der Waals surface area contributed by atoms with Crippen LogP contribution in [-0.2, 0) is 4.74 Å². The Morgan fingerprint density at radius 3 is 2.55 bits per heavy atom. The second kappa shape index (κ2) is 8.25. The molecule has 3 heterocycles. The molecule has 6 nitrogen and oxygen atoms in total. The molecule has 2 saturated heterocycles. The molecule has 1 N–H and O–H groups in total. The van der Waals surface area contributed by atoms with Gasteiger partial charge >= 0.3 is 0 Å². The fraction of sp³-hybridized carbons (Fsp3) is 0.391. The zero-order valence-corrected chi connectivity index (χ0v) is 16.4. The number of nitrogens with zero attached hydrogens (tertiary/aromatic N) is 1. The van der Waals surface area contributed by atoms with Crippen molar-refractivity contribution in [3.05, 3.63) is 66.1 Å². The summed E-state index contributed by atoms with van der Waals surface area (Å²) in [5.41, 5.74) is 2.04. The van der Waals surface area contributed by atoms with Crippen molar-refractivity contribution in [1.29, 1.82) is 0 Å². The minimum atomic E-state index is -0.172. The van der Waals surface area contributed by atoms with Crippen molar-refractivity contribution >= 4 is 17.9 Å². The van der Waals surface area contributed by atoms with Gasteiger partial charge in [0.2, 0.25) is 0 Å². The Balaban J connectivity index is 1.25. The van der Waals surface area contributed by atoms with Gasteiger partial charge in [-0.1, -0.05) is 24.8 Å². The molecule has 1 spiro atoms. The van der Waals surface area contributed by atoms with E-state index in [1.54, 1.807) is 24.3 Å².